The summed E-state index contributed by atoms with van der Waals surface area (Å²) in [7, 11) is 0. The maximum Gasteiger partial charge on any atom is 0.130 e. The Morgan fingerprint density at radius 2 is 1.67 bits per heavy atom. The Labute approximate surface area is 105 Å². The Kier molecular flexibility index (Phi) is 3.60. The Morgan fingerprint density at radius 3 is 2.28 bits per heavy atom. The summed E-state index contributed by atoms with van der Waals surface area (Å²) in [5.41, 5.74) is 0.640. The van der Waals surface area contributed by atoms with Crippen molar-refractivity contribution < 1.29 is 13.5 Å². The minimum absolute atomic E-state index is 0.119. The third kappa shape index (κ3) is 2.86. The molecule has 0 saturated heterocycles. The molecule has 2 rings (SSSR count). The predicted octanol–water partition coefficient (Wildman–Crippen LogP) is 4.88. The minimum atomic E-state index is -0.383. The number of hydrogen-bond donors (Lipinski definition) is 0. The molecule has 0 bridgehead atoms. The highest BCUT2D eigenvalue weighted by atomic mass is 19.1. The molecule has 18 heavy (non-hydrogen) atoms. The molecule has 94 valence electrons. The molecule has 2 aromatic rings. The molecular weight excluding hydrogens is 234 g/mol. The summed E-state index contributed by atoms with van der Waals surface area (Å²) in [6, 6.07) is 10.4. The smallest absolute Gasteiger partial charge is 0.130 e. The van der Waals surface area contributed by atoms with E-state index in [0.717, 1.165) is 0 Å². The SMILES string of the molecule is CC(C)c1ccc(Oc2cccc(F)c2)cc1F. The summed E-state index contributed by atoms with van der Waals surface area (Å²) in [6.07, 6.45) is 0. The van der Waals surface area contributed by atoms with Crippen molar-refractivity contribution in [2.45, 2.75) is 19.8 Å². The maximum atomic E-state index is 13.7. The quantitative estimate of drug-likeness (QED) is 0.752. The van der Waals surface area contributed by atoms with E-state index in [9.17, 15) is 8.78 Å². The van der Waals surface area contributed by atoms with Gasteiger partial charge >= 0.3 is 0 Å². The Balaban J connectivity index is 2.23. The van der Waals surface area contributed by atoms with Gasteiger partial charge in [0.1, 0.15) is 23.1 Å². The predicted molar refractivity (Wildman–Crippen MR) is 67.0 cm³/mol. The average Bonchev–Trinajstić information content (AvgIpc) is 2.28. The molecule has 0 atom stereocenters. The lowest BCUT2D eigenvalue weighted by Gasteiger charge is -2.10. The zero-order valence-electron chi connectivity index (χ0n) is 10.3. The second-order valence-electron chi connectivity index (χ2n) is 4.40. The van der Waals surface area contributed by atoms with E-state index in [2.05, 4.69) is 0 Å². The molecule has 0 heterocycles. The van der Waals surface area contributed by atoms with E-state index >= 15 is 0 Å². The van der Waals surface area contributed by atoms with Gasteiger partial charge in [-0.25, -0.2) is 8.78 Å². The van der Waals surface area contributed by atoms with Crippen molar-refractivity contribution in [1.29, 1.82) is 0 Å². The molecule has 0 unspecified atom stereocenters. The molecule has 0 spiro atoms. The molecule has 3 heteroatoms. The molecule has 0 fully saturated rings. The van der Waals surface area contributed by atoms with Crippen molar-refractivity contribution in [3.63, 3.8) is 0 Å². The fourth-order valence-electron chi connectivity index (χ4n) is 1.71. The molecule has 0 saturated carbocycles. The molecule has 0 N–H and O–H groups in total. The Morgan fingerprint density at radius 1 is 0.944 bits per heavy atom. The maximum absolute atomic E-state index is 13.7. The van der Waals surface area contributed by atoms with Crippen LogP contribution in [0.2, 0.25) is 0 Å². The van der Waals surface area contributed by atoms with Crippen LogP contribution in [0.3, 0.4) is 0 Å². The van der Waals surface area contributed by atoms with Crippen LogP contribution in [0.15, 0.2) is 42.5 Å². The third-order valence-electron chi connectivity index (χ3n) is 2.63. The van der Waals surface area contributed by atoms with E-state index in [1.807, 2.05) is 13.8 Å². The summed E-state index contributed by atoms with van der Waals surface area (Å²) < 4.78 is 32.1. The van der Waals surface area contributed by atoms with E-state index in [4.69, 9.17) is 4.74 Å². The minimum Gasteiger partial charge on any atom is -0.457 e. The topological polar surface area (TPSA) is 9.23 Å². The fourth-order valence-corrected chi connectivity index (χ4v) is 1.71. The van der Waals surface area contributed by atoms with Crippen molar-refractivity contribution in [2.75, 3.05) is 0 Å². The average molecular weight is 248 g/mol. The Bertz CT molecular complexity index is 550. The zero-order valence-corrected chi connectivity index (χ0v) is 10.3. The third-order valence-corrected chi connectivity index (χ3v) is 2.63. The van der Waals surface area contributed by atoms with Crippen LogP contribution in [0.5, 0.6) is 11.5 Å². The summed E-state index contributed by atoms with van der Waals surface area (Å²) in [6.45, 7) is 3.84. The number of benzene rings is 2. The highest BCUT2D eigenvalue weighted by molar-refractivity contribution is 5.35. The molecule has 0 aromatic heterocycles. The van der Waals surface area contributed by atoms with Gasteiger partial charge in [0, 0.05) is 12.1 Å². The van der Waals surface area contributed by atoms with Gasteiger partial charge in [0.15, 0.2) is 0 Å². The first kappa shape index (κ1) is 12.6. The number of ether oxygens (including phenoxy) is 1. The molecule has 0 aliphatic heterocycles. The van der Waals surface area contributed by atoms with Crippen LogP contribution in [-0.2, 0) is 0 Å². The van der Waals surface area contributed by atoms with E-state index in [1.54, 1.807) is 24.3 Å². The summed E-state index contributed by atoms with van der Waals surface area (Å²) in [4.78, 5) is 0. The summed E-state index contributed by atoms with van der Waals surface area (Å²) in [5, 5.41) is 0. The van der Waals surface area contributed by atoms with Crippen molar-refractivity contribution in [2.24, 2.45) is 0 Å². The van der Waals surface area contributed by atoms with E-state index in [0.29, 0.717) is 17.1 Å². The second-order valence-corrected chi connectivity index (χ2v) is 4.40. The van der Waals surface area contributed by atoms with Crippen molar-refractivity contribution in [3.05, 3.63) is 59.7 Å². The van der Waals surface area contributed by atoms with Gasteiger partial charge in [-0.1, -0.05) is 26.0 Å². The number of rotatable bonds is 3. The first-order chi connectivity index (χ1) is 8.56. The summed E-state index contributed by atoms with van der Waals surface area (Å²) in [5.74, 6) is 0.146. The van der Waals surface area contributed by atoms with Crippen molar-refractivity contribution in [1.82, 2.24) is 0 Å². The molecule has 2 aromatic carbocycles. The van der Waals surface area contributed by atoms with Gasteiger partial charge in [0.2, 0.25) is 0 Å². The van der Waals surface area contributed by atoms with Gasteiger partial charge < -0.3 is 4.74 Å². The monoisotopic (exact) mass is 248 g/mol. The molecule has 0 aliphatic rings. The van der Waals surface area contributed by atoms with E-state index in [-0.39, 0.29) is 17.6 Å². The highest BCUT2D eigenvalue weighted by Crippen LogP contribution is 2.26. The molecule has 1 nitrogen and oxygen atoms in total. The summed E-state index contributed by atoms with van der Waals surface area (Å²) >= 11 is 0. The number of hydrogen-bond acceptors (Lipinski definition) is 1. The first-order valence-corrected chi connectivity index (χ1v) is 5.79. The lowest BCUT2D eigenvalue weighted by molar-refractivity contribution is 0.469. The van der Waals surface area contributed by atoms with Crippen molar-refractivity contribution in [3.8, 4) is 11.5 Å². The van der Waals surface area contributed by atoms with Gasteiger partial charge in [-0.3, -0.25) is 0 Å². The lowest BCUT2D eigenvalue weighted by atomic mass is 10.0. The molecular formula is C15H14F2O. The van der Waals surface area contributed by atoms with Gasteiger partial charge in [0.05, 0.1) is 0 Å². The van der Waals surface area contributed by atoms with Crippen LogP contribution < -0.4 is 4.74 Å². The van der Waals surface area contributed by atoms with Gasteiger partial charge in [-0.2, -0.15) is 0 Å². The standard InChI is InChI=1S/C15H14F2O/c1-10(2)14-7-6-13(9-15(14)17)18-12-5-3-4-11(16)8-12/h3-10H,1-2H3. The lowest BCUT2D eigenvalue weighted by Crippen LogP contribution is -1.94. The van der Waals surface area contributed by atoms with Crippen LogP contribution >= 0.6 is 0 Å². The van der Waals surface area contributed by atoms with Crippen LogP contribution in [0.1, 0.15) is 25.3 Å². The largest absolute Gasteiger partial charge is 0.457 e. The van der Waals surface area contributed by atoms with Crippen LogP contribution in [0.4, 0.5) is 8.78 Å². The van der Waals surface area contributed by atoms with Crippen molar-refractivity contribution >= 4 is 0 Å². The van der Waals surface area contributed by atoms with Crippen LogP contribution in [0.25, 0.3) is 0 Å². The van der Waals surface area contributed by atoms with Crippen LogP contribution in [0, 0.1) is 11.6 Å². The molecule has 0 amide bonds. The zero-order chi connectivity index (χ0) is 13.1. The van der Waals surface area contributed by atoms with E-state index < -0.39 is 0 Å². The van der Waals surface area contributed by atoms with E-state index in [1.165, 1.54) is 18.2 Å². The highest BCUT2D eigenvalue weighted by Gasteiger charge is 2.08. The van der Waals surface area contributed by atoms with Gasteiger partial charge in [-0.15, -0.1) is 0 Å². The van der Waals surface area contributed by atoms with Crippen LogP contribution in [-0.4, -0.2) is 0 Å². The number of halogens is 2. The molecule has 0 radical (unpaired) electrons. The first-order valence-electron chi connectivity index (χ1n) is 5.79. The van der Waals surface area contributed by atoms with Gasteiger partial charge in [0.25, 0.3) is 0 Å². The van der Waals surface area contributed by atoms with Gasteiger partial charge in [-0.05, 0) is 29.7 Å². The fraction of sp³-hybridized carbons (Fsp3) is 0.200. The second kappa shape index (κ2) is 5.17. The normalized spacial score (nSPS) is 10.7. The molecule has 0 aliphatic carbocycles. The Hall–Kier alpha value is -1.90.